The summed E-state index contributed by atoms with van der Waals surface area (Å²) in [7, 11) is 3.54. The van der Waals surface area contributed by atoms with Crippen molar-refractivity contribution in [3.05, 3.63) is 18.2 Å². The molecule has 2 rings (SSSR count). The number of nitrogens with one attached hydrogen (secondary N) is 1. The van der Waals surface area contributed by atoms with Crippen LogP contribution in [0.15, 0.2) is 16.8 Å². The third kappa shape index (κ3) is 3.88. The predicted molar refractivity (Wildman–Crippen MR) is 74.2 cm³/mol. The fraction of sp³-hybridized carbons (Fsp3) is 0.615. The van der Waals surface area contributed by atoms with E-state index in [2.05, 4.69) is 27.5 Å². The van der Waals surface area contributed by atoms with Crippen molar-refractivity contribution in [2.75, 3.05) is 20.3 Å². The Bertz CT molecular complexity index is 522. The fourth-order valence-corrected chi connectivity index (χ4v) is 1.93. The van der Waals surface area contributed by atoms with Crippen LogP contribution in [0, 0.1) is 0 Å². The number of rotatable bonds is 8. The van der Waals surface area contributed by atoms with Crippen LogP contribution in [-0.2, 0) is 18.2 Å². The van der Waals surface area contributed by atoms with Crippen LogP contribution < -0.4 is 5.32 Å². The van der Waals surface area contributed by atoms with Crippen LogP contribution in [-0.4, -0.2) is 46.2 Å². The molecule has 0 aliphatic heterocycles. The Labute approximate surface area is 118 Å². The lowest BCUT2D eigenvalue weighted by Gasteiger charge is -2.15. The van der Waals surface area contributed by atoms with E-state index in [1.807, 2.05) is 19.3 Å². The molecule has 1 unspecified atom stereocenters. The second kappa shape index (κ2) is 7.16. The van der Waals surface area contributed by atoms with E-state index in [4.69, 9.17) is 9.26 Å². The van der Waals surface area contributed by atoms with Gasteiger partial charge in [-0.25, -0.2) is 0 Å². The number of hydrogen-bond acceptors (Lipinski definition) is 6. The second-order valence-corrected chi connectivity index (χ2v) is 4.70. The van der Waals surface area contributed by atoms with Gasteiger partial charge in [-0.2, -0.15) is 10.1 Å². The van der Waals surface area contributed by atoms with E-state index in [1.165, 1.54) is 0 Å². The van der Waals surface area contributed by atoms with Crippen molar-refractivity contribution in [1.29, 1.82) is 0 Å². The van der Waals surface area contributed by atoms with Gasteiger partial charge in [0, 0.05) is 32.8 Å². The molecule has 7 heteroatoms. The molecule has 0 aliphatic rings. The van der Waals surface area contributed by atoms with E-state index in [9.17, 15) is 0 Å². The van der Waals surface area contributed by atoms with Crippen LogP contribution in [0.5, 0.6) is 0 Å². The Balaban J connectivity index is 2.00. The van der Waals surface area contributed by atoms with E-state index < -0.39 is 0 Å². The summed E-state index contributed by atoms with van der Waals surface area (Å²) in [5.41, 5.74) is 0.715. The topological polar surface area (TPSA) is 78.0 Å². The lowest BCUT2D eigenvalue weighted by molar-refractivity contribution is 0.161. The highest BCUT2D eigenvalue weighted by Gasteiger charge is 2.15. The molecule has 110 valence electrons. The molecule has 1 atom stereocenters. The van der Waals surface area contributed by atoms with Gasteiger partial charge >= 0.3 is 0 Å². The van der Waals surface area contributed by atoms with Crippen molar-refractivity contribution in [2.24, 2.45) is 7.05 Å². The van der Waals surface area contributed by atoms with Crippen LogP contribution in [0.1, 0.15) is 19.2 Å². The molecule has 0 saturated heterocycles. The third-order valence-corrected chi connectivity index (χ3v) is 2.88. The SMILES string of the molecule is CCCNC(COC)Cc1nc(-c2ccn(C)n2)no1. The van der Waals surface area contributed by atoms with Crippen molar-refractivity contribution in [3.63, 3.8) is 0 Å². The number of ether oxygens (including phenoxy) is 1. The first-order valence-corrected chi connectivity index (χ1v) is 6.77. The standard InChI is InChI=1S/C13H21N5O2/c1-4-6-14-10(9-19-3)8-12-15-13(17-20-12)11-5-7-18(2)16-11/h5,7,10,14H,4,6,8-9H2,1-3H3. The molecule has 0 fully saturated rings. The van der Waals surface area contributed by atoms with Crippen LogP contribution in [0.2, 0.25) is 0 Å². The minimum Gasteiger partial charge on any atom is -0.383 e. The summed E-state index contributed by atoms with van der Waals surface area (Å²) >= 11 is 0. The number of aryl methyl sites for hydroxylation is 1. The molecule has 2 aromatic heterocycles. The number of nitrogens with zero attached hydrogens (tertiary/aromatic N) is 4. The van der Waals surface area contributed by atoms with E-state index >= 15 is 0 Å². The van der Waals surface area contributed by atoms with Gasteiger partial charge in [-0.05, 0) is 19.0 Å². The lowest BCUT2D eigenvalue weighted by Crippen LogP contribution is -2.35. The molecule has 0 aromatic carbocycles. The van der Waals surface area contributed by atoms with Gasteiger partial charge in [-0.15, -0.1) is 0 Å². The van der Waals surface area contributed by atoms with E-state index in [1.54, 1.807) is 11.8 Å². The maximum Gasteiger partial charge on any atom is 0.228 e. The average Bonchev–Trinajstić information content (AvgIpc) is 3.05. The van der Waals surface area contributed by atoms with Gasteiger partial charge in [0.05, 0.1) is 6.61 Å². The Kier molecular flexibility index (Phi) is 5.25. The normalized spacial score (nSPS) is 12.8. The Hall–Kier alpha value is -1.73. The Morgan fingerprint density at radius 1 is 1.50 bits per heavy atom. The minimum absolute atomic E-state index is 0.178. The fourth-order valence-electron chi connectivity index (χ4n) is 1.93. The second-order valence-electron chi connectivity index (χ2n) is 4.70. The smallest absolute Gasteiger partial charge is 0.228 e. The van der Waals surface area contributed by atoms with E-state index in [-0.39, 0.29) is 6.04 Å². The molecule has 2 heterocycles. The molecule has 20 heavy (non-hydrogen) atoms. The molecule has 7 nitrogen and oxygen atoms in total. The van der Waals surface area contributed by atoms with E-state index in [0.717, 1.165) is 13.0 Å². The summed E-state index contributed by atoms with van der Waals surface area (Å²) < 4.78 is 12.2. The molecular weight excluding hydrogens is 258 g/mol. The first-order chi connectivity index (χ1) is 9.72. The van der Waals surface area contributed by atoms with Crippen LogP contribution in [0.4, 0.5) is 0 Å². The van der Waals surface area contributed by atoms with Crippen molar-refractivity contribution < 1.29 is 9.26 Å². The predicted octanol–water partition coefficient (Wildman–Crippen LogP) is 1.03. The summed E-state index contributed by atoms with van der Waals surface area (Å²) in [5, 5.41) is 11.6. The average molecular weight is 279 g/mol. The Morgan fingerprint density at radius 3 is 3.00 bits per heavy atom. The van der Waals surface area contributed by atoms with Gasteiger partial charge in [-0.3, -0.25) is 4.68 Å². The number of aromatic nitrogens is 4. The zero-order valence-electron chi connectivity index (χ0n) is 12.2. The molecule has 0 saturated carbocycles. The van der Waals surface area contributed by atoms with Crippen molar-refractivity contribution in [1.82, 2.24) is 25.2 Å². The van der Waals surface area contributed by atoms with Crippen LogP contribution in [0.3, 0.4) is 0 Å². The first kappa shape index (κ1) is 14.7. The Morgan fingerprint density at radius 2 is 2.35 bits per heavy atom. The molecular formula is C13H21N5O2. The summed E-state index contributed by atoms with van der Waals surface area (Å²) in [6.45, 7) is 3.68. The zero-order chi connectivity index (χ0) is 14.4. The highest BCUT2D eigenvalue weighted by molar-refractivity contribution is 5.46. The molecule has 0 spiro atoms. The summed E-state index contributed by atoms with van der Waals surface area (Å²) in [5.74, 6) is 1.11. The largest absolute Gasteiger partial charge is 0.383 e. The first-order valence-electron chi connectivity index (χ1n) is 6.77. The maximum atomic E-state index is 5.28. The number of hydrogen-bond donors (Lipinski definition) is 1. The summed E-state index contributed by atoms with van der Waals surface area (Å²) in [6, 6.07) is 2.04. The maximum absolute atomic E-state index is 5.28. The molecule has 0 bridgehead atoms. The molecule has 0 amide bonds. The molecule has 0 radical (unpaired) electrons. The third-order valence-electron chi connectivity index (χ3n) is 2.88. The molecule has 0 aliphatic carbocycles. The van der Waals surface area contributed by atoms with E-state index in [0.29, 0.717) is 30.4 Å². The summed E-state index contributed by atoms with van der Waals surface area (Å²) in [4.78, 5) is 4.37. The van der Waals surface area contributed by atoms with Gasteiger partial charge in [0.25, 0.3) is 0 Å². The number of methoxy groups -OCH3 is 1. The minimum atomic E-state index is 0.178. The lowest BCUT2D eigenvalue weighted by atomic mass is 10.2. The van der Waals surface area contributed by atoms with Crippen molar-refractivity contribution >= 4 is 0 Å². The zero-order valence-corrected chi connectivity index (χ0v) is 12.2. The van der Waals surface area contributed by atoms with Crippen molar-refractivity contribution in [2.45, 2.75) is 25.8 Å². The van der Waals surface area contributed by atoms with Crippen LogP contribution in [0.25, 0.3) is 11.5 Å². The van der Waals surface area contributed by atoms with Crippen LogP contribution >= 0.6 is 0 Å². The monoisotopic (exact) mass is 279 g/mol. The van der Waals surface area contributed by atoms with Gasteiger partial charge in [0.1, 0.15) is 5.69 Å². The molecule has 2 aromatic rings. The summed E-state index contributed by atoms with van der Waals surface area (Å²) in [6.07, 6.45) is 3.57. The molecule has 1 N–H and O–H groups in total. The van der Waals surface area contributed by atoms with Gasteiger partial charge < -0.3 is 14.6 Å². The highest BCUT2D eigenvalue weighted by Crippen LogP contribution is 2.13. The van der Waals surface area contributed by atoms with Gasteiger partial charge in [0.2, 0.25) is 11.7 Å². The quantitative estimate of drug-likeness (QED) is 0.777. The van der Waals surface area contributed by atoms with Crippen molar-refractivity contribution in [3.8, 4) is 11.5 Å². The van der Waals surface area contributed by atoms with Gasteiger partial charge in [0.15, 0.2) is 0 Å². The highest BCUT2D eigenvalue weighted by atomic mass is 16.5. The van der Waals surface area contributed by atoms with Gasteiger partial charge in [-0.1, -0.05) is 12.1 Å².